The molecule has 5 rings (SSSR count). The minimum Gasteiger partial charge on any atom is -0.494 e. The number of anilines is 1. The summed E-state index contributed by atoms with van der Waals surface area (Å²) in [6.45, 7) is 6.30. The van der Waals surface area contributed by atoms with E-state index in [9.17, 15) is 9.18 Å². The van der Waals surface area contributed by atoms with Crippen LogP contribution in [0.5, 0.6) is 5.75 Å². The minimum atomic E-state index is -0.677. The molecule has 0 saturated carbocycles. The summed E-state index contributed by atoms with van der Waals surface area (Å²) < 4.78 is 25.3. The van der Waals surface area contributed by atoms with Crippen molar-refractivity contribution in [1.29, 1.82) is 0 Å². The summed E-state index contributed by atoms with van der Waals surface area (Å²) in [5.74, 6) is 0.978. The lowest BCUT2D eigenvalue weighted by molar-refractivity contribution is 0.244. The Kier molecular flexibility index (Phi) is 6.25. The highest BCUT2D eigenvalue weighted by Crippen LogP contribution is 2.39. The Morgan fingerprint density at radius 1 is 1.06 bits per heavy atom. The topological polar surface area (TPSA) is 80.5 Å². The van der Waals surface area contributed by atoms with Crippen LogP contribution in [0.1, 0.15) is 36.9 Å². The molecule has 1 atom stereocenters. The molecule has 4 aromatic rings. The third-order valence-corrected chi connectivity index (χ3v) is 6.04. The van der Waals surface area contributed by atoms with Crippen molar-refractivity contribution in [1.82, 2.24) is 15.5 Å². The number of rotatable bonds is 6. The van der Waals surface area contributed by atoms with E-state index in [1.54, 1.807) is 17.0 Å². The van der Waals surface area contributed by atoms with E-state index in [0.717, 1.165) is 16.9 Å². The van der Waals surface area contributed by atoms with Crippen LogP contribution in [-0.2, 0) is 0 Å². The van der Waals surface area contributed by atoms with Crippen molar-refractivity contribution in [2.24, 2.45) is 0 Å². The van der Waals surface area contributed by atoms with Gasteiger partial charge in [0.25, 0.3) is 5.89 Å². The summed E-state index contributed by atoms with van der Waals surface area (Å²) in [7, 11) is 0. The highest BCUT2D eigenvalue weighted by Gasteiger charge is 2.36. The van der Waals surface area contributed by atoms with Crippen molar-refractivity contribution in [3.05, 3.63) is 101 Å². The smallest absolute Gasteiger partial charge is 0.326 e. The fourth-order valence-corrected chi connectivity index (χ4v) is 4.28. The highest BCUT2D eigenvalue weighted by molar-refractivity contribution is 6.01. The van der Waals surface area contributed by atoms with Crippen LogP contribution >= 0.6 is 0 Å². The lowest BCUT2D eigenvalue weighted by atomic mass is 9.94. The number of aromatic nitrogens is 2. The molecular weight excluding hydrogens is 459 g/mol. The van der Waals surface area contributed by atoms with Gasteiger partial charge in [0, 0.05) is 11.3 Å². The lowest BCUT2D eigenvalue weighted by Gasteiger charge is -2.35. The van der Waals surface area contributed by atoms with Gasteiger partial charge in [0.2, 0.25) is 5.82 Å². The van der Waals surface area contributed by atoms with Gasteiger partial charge in [0.1, 0.15) is 11.6 Å². The predicted molar refractivity (Wildman–Crippen MR) is 135 cm³/mol. The second-order valence-electron chi connectivity index (χ2n) is 8.49. The van der Waals surface area contributed by atoms with Gasteiger partial charge >= 0.3 is 6.03 Å². The normalized spacial score (nSPS) is 15.7. The maximum Gasteiger partial charge on any atom is 0.326 e. The predicted octanol–water partition coefficient (Wildman–Crippen LogP) is 6.28. The molecule has 1 aliphatic heterocycles. The fraction of sp³-hybridized carbons (Fsp3) is 0.179. The third-order valence-electron chi connectivity index (χ3n) is 6.04. The Balaban J connectivity index is 1.61. The molecule has 0 aliphatic carbocycles. The summed E-state index contributed by atoms with van der Waals surface area (Å²) >= 11 is 0. The number of carbonyl (C=O) groups is 1. The van der Waals surface area contributed by atoms with Crippen molar-refractivity contribution < 1.29 is 18.4 Å². The molecule has 0 fully saturated rings. The SMILES string of the molecule is CCOc1ccc(-c2noc(C3=C(C)N(c4ccc(C)cc4)C(=O)NC3c3cccc(F)c3)n2)cc1. The van der Waals surface area contributed by atoms with E-state index in [1.807, 2.05) is 69.3 Å². The molecule has 1 aliphatic rings. The number of aryl methyl sites for hydroxylation is 1. The van der Waals surface area contributed by atoms with Gasteiger partial charge < -0.3 is 14.6 Å². The first-order valence-electron chi connectivity index (χ1n) is 11.7. The van der Waals surface area contributed by atoms with Gasteiger partial charge in [-0.1, -0.05) is 35.0 Å². The molecule has 3 aromatic carbocycles. The number of nitrogens with one attached hydrogen (secondary N) is 1. The van der Waals surface area contributed by atoms with E-state index in [2.05, 4.69) is 15.5 Å². The average Bonchev–Trinajstić information content (AvgIpc) is 3.35. The number of urea groups is 1. The van der Waals surface area contributed by atoms with Crippen LogP contribution in [0.25, 0.3) is 17.0 Å². The van der Waals surface area contributed by atoms with Crippen molar-refractivity contribution in [3.63, 3.8) is 0 Å². The van der Waals surface area contributed by atoms with Crippen LogP contribution < -0.4 is 15.0 Å². The largest absolute Gasteiger partial charge is 0.494 e. The Hall–Kier alpha value is -4.46. The van der Waals surface area contributed by atoms with Crippen molar-refractivity contribution in [3.8, 4) is 17.1 Å². The molecule has 1 N–H and O–H groups in total. The Morgan fingerprint density at radius 2 is 1.81 bits per heavy atom. The van der Waals surface area contributed by atoms with Crippen LogP contribution in [-0.4, -0.2) is 22.8 Å². The molecule has 1 aromatic heterocycles. The van der Waals surface area contributed by atoms with Gasteiger partial charge in [-0.2, -0.15) is 4.98 Å². The highest BCUT2D eigenvalue weighted by atomic mass is 19.1. The quantitative estimate of drug-likeness (QED) is 0.348. The second-order valence-corrected chi connectivity index (χ2v) is 8.49. The maximum absolute atomic E-state index is 14.1. The monoisotopic (exact) mass is 484 g/mol. The zero-order valence-corrected chi connectivity index (χ0v) is 20.2. The zero-order chi connectivity index (χ0) is 25.2. The molecule has 36 heavy (non-hydrogen) atoms. The van der Waals surface area contributed by atoms with Gasteiger partial charge in [-0.3, -0.25) is 4.90 Å². The third kappa shape index (κ3) is 4.45. The van der Waals surface area contributed by atoms with E-state index >= 15 is 0 Å². The number of ether oxygens (including phenoxy) is 1. The Labute approximate surface area is 208 Å². The number of carbonyl (C=O) groups excluding carboxylic acids is 1. The van der Waals surface area contributed by atoms with Crippen molar-refractivity contribution >= 4 is 17.3 Å². The van der Waals surface area contributed by atoms with Crippen molar-refractivity contribution in [2.75, 3.05) is 11.5 Å². The van der Waals surface area contributed by atoms with Crippen LogP contribution in [0.2, 0.25) is 0 Å². The average molecular weight is 485 g/mol. The Morgan fingerprint density at radius 3 is 2.50 bits per heavy atom. The van der Waals surface area contributed by atoms with Gasteiger partial charge in [-0.25, -0.2) is 9.18 Å². The molecular formula is C28H25FN4O3. The van der Waals surface area contributed by atoms with Gasteiger partial charge in [-0.15, -0.1) is 0 Å². The first kappa shape index (κ1) is 23.3. The Bertz CT molecular complexity index is 1430. The molecule has 1 unspecified atom stereocenters. The standard InChI is InChI=1S/C28H25FN4O3/c1-4-35-23-14-10-19(11-15-23)26-31-27(36-32-26)24-18(3)33(22-12-8-17(2)9-13-22)28(34)30-25(24)20-6-5-7-21(29)16-20/h5-16,25H,4H2,1-3H3,(H,30,34). The number of allylic oxidation sites excluding steroid dienone is 1. The van der Waals surface area contributed by atoms with Crippen LogP contribution in [0.4, 0.5) is 14.9 Å². The summed E-state index contributed by atoms with van der Waals surface area (Å²) in [6.07, 6.45) is 0. The van der Waals surface area contributed by atoms with E-state index < -0.39 is 11.9 Å². The van der Waals surface area contributed by atoms with Gasteiger partial charge in [0.15, 0.2) is 0 Å². The summed E-state index contributed by atoms with van der Waals surface area (Å²) in [4.78, 5) is 19.5. The molecule has 2 heterocycles. The molecule has 7 nitrogen and oxygen atoms in total. The first-order valence-corrected chi connectivity index (χ1v) is 11.7. The number of hydrogen-bond donors (Lipinski definition) is 1. The number of hydrogen-bond acceptors (Lipinski definition) is 5. The second kappa shape index (κ2) is 9.65. The van der Waals surface area contributed by atoms with Gasteiger partial charge in [-0.05, 0) is 74.9 Å². The lowest BCUT2D eigenvalue weighted by Crippen LogP contribution is -2.46. The van der Waals surface area contributed by atoms with E-state index in [1.165, 1.54) is 12.1 Å². The van der Waals surface area contributed by atoms with E-state index in [4.69, 9.17) is 9.26 Å². The fourth-order valence-electron chi connectivity index (χ4n) is 4.28. The van der Waals surface area contributed by atoms with E-state index in [0.29, 0.717) is 35.0 Å². The van der Waals surface area contributed by atoms with Crippen molar-refractivity contribution in [2.45, 2.75) is 26.8 Å². The van der Waals surface area contributed by atoms with Gasteiger partial charge in [0.05, 0.1) is 23.9 Å². The molecule has 2 amide bonds. The summed E-state index contributed by atoms with van der Waals surface area (Å²) in [5, 5.41) is 7.17. The number of amides is 2. The molecule has 182 valence electrons. The molecule has 0 radical (unpaired) electrons. The molecule has 0 bridgehead atoms. The summed E-state index contributed by atoms with van der Waals surface area (Å²) in [5.41, 5.74) is 4.29. The minimum absolute atomic E-state index is 0.239. The number of nitrogens with zero attached hydrogens (tertiary/aromatic N) is 3. The number of halogens is 1. The molecule has 0 saturated heterocycles. The summed E-state index contributed by atoms with van der Waals surface area (Å²) in [6, 6.07) is 20.1. The van der Waals surface area contributed by atoms with Crippen LogP contribution in [0.3, 0.4) is 0 Å². The van der Waals surface area contributed by atoms with E-state index in [-0.39, 0.29) is 11.9 Å². The molecule has 8 heteroatoms. The number of benzene rings is 3. The maximum atomic E-state index is 14.1. The first-order chi connectivity index (χ1) is 17.4. The van der Waals surface area contributed by atoms with Crippen LogP contribution in [0.15, 0.2) is 83.0 Å². The molecule has 0 spiro atoms. The van der Waals surface area contributed by atoms with Crippen LogP contribution in [0, 0.1) is 12.7 Å². The zero-order valence-electron chi connectivity index (χ0n) is 20.2.